The van der Waals surface area contributed by atoms with Crippen molar-refractivity contribution in [2.75, 3.05) is 11.1 Å². The van der Waals surface area contributed by atoms with Crippen molar-refractivity contribution >= 4 is 17.3 Å². The summed E-state index contributed by atoms with van der Waals surface area (Å²) in [6, 6.07) is 7.45. The molecule has 0 unspecified atom stereocenters. The quantitative estimate of drug-likeness (QED) is 0.587. The number of nitrogens with two attached hydrogens (primary N) is 1. The summed E-state index contributed by atoms with van der Waals surface area (Å²) in [6.07, 6.45) is 2.05. The second-order valence-corrected chi connectivity index (χ2v) is 3.83. The van der Waals surface area contributed by atoms with Gasteiger partial charge in [0.1, 0.15) is 6.10 Å². The molecule has 0 radical (unpaired) electrons. The Bertz CT molecular complexity index is 440. The molecule has 0 saturated heterocycles. The Kier molecular flexibility index (Phi) is 2.81. The number of rotatable bonds is 2. The van der Waals surface area contributed by atoms with Gasteiger partial charge in [-0.3, -0.25) is 0 Å². The predicted octanol–water partition coefficient (Wildman–Crippen LogP) is 1.90. The Balaban J connectivity index is 2.16. The Labute approximate surface area is 94.1 Å². The van der Waals surface area contributed by atoms with Crippen molar-refractivity contribution in [3.8, 4) is 0 Å². The van der Waals surface area contributed by atoms with Gasteiger partial charge in [0.05, 0.1) is 11.4 Å². The van der Waals surface area contributed by atoms with Crippen molar-refractivity contribution < 1.29 is 9.53 Å². The number of nitrogens with one attached hydrogen (secondary N) is 1. The second-order valence-electron chi connectivity index (χ2n) is 3.83. The molecule has 0 aromatic heterocycles. The first-order valence-corrected chi connectivity index (χ1v) is 5.18. The fourth-order valence-electron chi connectivity index (χ4n) is 1.66. The van der Waals surface area contributed by atoms with E-state index >= 15 is 0 Å². The minimum atomic E-state index is -0.309. The zero-order valence-electron chi connectivity index (χ0n) is 9.07. The normalized spacial score (nSPS) is 19.9. The molecule has 1 aromatic carbocycles. The van der Waals surface area contributed by atoms with Gasteiger partial charge in [-0.25, -0.2) is 4.79 Å². The molecule has 0 saturated carbocycles. The largest absolute Gasteiger partial charge is 0.459 e. The van der Waals surface area contributed by atoms with E-state index in [0.717, 1.165) is 11.4 Å². The molecule has 0 aliphatic carbocycles. The first kappa shape index (κ1) is 10.5. The fraction of sp³-hybridized carbons (Fsp3) is 0.250. The molecule has 2 rings (SSSR count). The number of nitrogen functional groups attached to an aromatic ring is 1. The first-order chi connectivity index (χ1) is 7.65. The lowest BCUT2D eigenvalue weighted by molar-refractivity contribution is -0.143. The molecule has 1 atom stereocenters. The van der Waals surface area contributed by atoms with Crippen LogP contribution in [0.2, 0.25) is 0 Å². The highest BCUT2D eigenvalue weighted by Crippen LogP contribution is 2.22. The molecule has 16 heavy (non-hydrogen) atoms. The summed E-state index contributed by atoms with van der Waals surface area (Å²) in [4.78, 5) is 11.2. The van der Waals surface area contributed by atoms with Crippen molar-refractivity contribution in [2.24, 2.45) is 0 Å². The van der Waals surface area contributed by atoms with Crippen molar-refractivity contribution in [1.82, 2.24) is 0 Å². The maximum Gasteiger partial charge on any atom is 0.332 e. The second kappa shape index (κ2) is 4.26. The van der Waals surface area contributed by atoms with Crippen LogP contribution in [0.1, 0.15) is 13.3 Å². The monoisotopic (exact) mass is 218 g/mol. The lowest BCUT2D eigenvalue weighted by Gasteiger charge is -2.21. The van der Waals surface area contributed by atoms with Gasteiger partial charge in [0.2, 0.25) is 0 Å². The predicted molar refractivity (Wildman–Crippen MR) is 62.7 cm³/mol. The average molecular weight is 218 g/mol. The van der Waals surface area contributed by atoms with Crippen molar-refractivity contribution in [3.63, 3.8) is 0 Å². The third-order valence-electron chi connectivity index (χ3n) is 2.37. The van der Waals surface area contributed by atoms with Crippen molar-refractivity contribution in [1.29, 1.82) is 0 Å². The van der Waals surface area contributed by atoms with Crippen LogP contribution in [-0.2, 0) is 9.53 Å². The van der Waals surface area contributed by atoms with Crippen LogP contribution in [0.3, 0.4) is 0 Å². The van der Waals surface area contributed by atoms with Gasteiger partial charge < -0.3 is 15.8 Å². The van der Waals surface area contributed by atoms with E-state index in [9.17, 15) is 4.79 Å². The van der Waals surface area contributed by atoms with Gasteiger partial charge in [-0.1, -0.05) is 12.1 Å². The Morgan fingerprint density at radius 2 is 2.19 bits per heavy atom. The lowest BCUT2D eigenvalue weighted by atomic mass is 10.1. The number of para-hydroxylation sites is 2. The highest BCUT2D eigenvalue weighted by atomic mass is 16.5. The summed E-state index contributed by atoms with van der Waals surface area (Å²) < 4.78 is 5.00. The maximum atomic E-state index is 11.2. The average Bonchev–Trinajstić information content (AvgIpc) is 2.20. The van der Waals surface area contributed by atoms with E-state index in [0.29, 0.717) is 12.1 Å². The molecule has 0 spiro atoms. The summed E-state index contributed by atoms with van der Waals surface area (Å²) in [7, 11) is 0. The summed E-state index contributed by atoms with van der Waals surface area (Å²) >= 11 is 0. The Morgan fingerprint density at radius 3 is 2.88 bits per heavy atom. The van der Waals surface area contributed by atoms with E-state index < -0.39 is 0 Å². The summed E-state index contributed by atoms with van der Waals surface area (Å²) in [5.41, 5.74) is 8.11. The minimum Gasteiger partial charge on any atom is -0.459 e. The van der Waals surface area contributed by atoms with Crippen molar-refractivity contribution in [3.05, 3.63) is 36.0 Å². The van der Waals surface area contributed by atoms with Gasteiger partial charge in [0.25, 0.3) is 0 Å². The first-order valence-electron chi connectivity index (χ1n) is 5.18. The molecule has 0 amide bonds. The van der Waals surface area contributed by atoms with E-state index in [1.54, 1.807) is 0 Å². The minimum absolute atomic E-state index is 0.0927. The third-order valence-corrected chi connectivity index (χ3v) is 2.37. The summed E-state index contributed by atoms with van der Waals surface area (Å²) in [5.74, 6) is -0.309. The summed E-state index contributed by atoms with van der Waals surface area (Å²) in [5, 5.41) is 3.15. The molecule has 0 bridgehead atoms. The number of anilines is 2. The molecule has 1 aliphatic heterocycles. The number of hydrogen-bond donors (Lipinski definition) is 2. The molecule has 0 fully saturated rings. The van der Waals surface area contributed by atoms with Crippen LogP contribution in [0.15, 0.2) is 36.0 Å². The maximum absolute atomic E-state index is 11.2. The fourth-order valence-corrected chi connectivity index (χ4v) is 1.66. The number of esters is 1. The van der Waals surface area contributed by atoms with Crippen LogP contribution in [0.4, 0.5) is 11.4 Å². The summed E-state index contributed by atoms with van der Waals surface area (Å²) in [6.45, 7) is 1.86. The van der Waals surface area contributed by atoms with Gasteiger partial charge in [-0.15, -0.1) is 0 Å². The number of cyclic esters (lactones) is 1. The van der Waals surface area contributed by atoms with Crippen molar-refractivity contribution in [2.45, 2.75) is 19.4 Å². The molecule has 84 valence electrons. The molecule has 1 aromatic rings. The number of carbonyl (C=O) groups excluding carboxylic acids is 1. The SMILES string of the molecule is C[C@@H]1CC(Nc2ccccc2N)=CC(=O)O1. The molecule has 3 N–H and O–H groups in total. The number of benzene rings is 1. The highest BCUT2D eigenvalue weighted by Gasteiger charge is 2.17. The van der Waals surface area contributed by atoms with E-state index in [1.165, 1.54) is 6.08 Å². The number of carbonyl (C=O) groups is 1. The highest BCUT2D eigenvalue weighted by molar-refractivity contribution is 5.85. The van der Waals surface area contributed by atoms with Gasteiger partial charge in [0, 0.05) is 18.2 Å². The Hall–Kier alpha value is -1.97. The van der Waals surface area contributed by atoms with Gasteiger partial charge in [-0.2, -0.15) is 0 Å². The van der Waals surface area contributed by atoms with E-state index in [-0.39, 0.29) is 12.1 Å². The van der Waals surface area contributed by atoms with Crippen LogP contribution in [0.25, 0.3) is 0 Å². The van der Waals surface area contributed by atoms with Crippen LogP contribution >= 0.6 is 0 Å². The number of hydrogen-bond acceptors (Lipinski definition) is 4. The van der Waals surface area contributed by atoms with Crippen LogP contribution in [-0.4, -0.2) is 12.1 Å². The molecule has 1 aliphatic rings. The zero-order valence-corrected chi connectivity index (χ0v) is 9.07. The van der Waals surface area contributed by atoms with E-state index in [1.807, 2.05) is 31.2 Å². The number of ether oxygens (including phenoxy) is 1. The lowest BCUT2D eigenvalue weighted by Crippen LogP contribution is -2.22. The van der Waals surface area contributed by atoms with Crippen LogP contribution < -0.4 is 11.1 Å². The van der Waals surface area contributed by atoms with Gasteiger partial charge in [0.15, 0.2) is 0 Å². The smallest absolute Gasteiger partial charge is 0.332 e. The molecule has 1 heterocycles. The van der Waals surface area contributed by atoms with Gasteiger partial charge >= 0.3 is 5.97 Å². The van der Waals surface area contributed by atoms with E-state index in [2.05, 4.69) is 5.32 Å². The standard InChI is InChI=1S/C12H14N2O2/c1-8-6-9(7-12(15)16-8)14-11-5-3-2-4-10(11)13/h2-5,7-8,14H,6,13H2,1H3/t8-/m1/s1. The topological polar surface area (TPSA) is 64.3 Å². The molecule has 4 nitrogen and oxygen atoms in total. The van der Waals surface area contributed by atoms with Crippen LogP contribution in [0, 0.1) is 0 Å². The molecular formula is C12H14N2O2. The Morgan fingerprint density at radius 1 is 1.44 bits per heavy atom. The van der Waals surface area contributed by atoms with Crippen LogP contribution in [0.5, 0.6) is 0 Å². The third kappa shape index (κ3) is 2.34. The molecular weight excluding hydrogens is 204 g/mol. The van der Waals surface area contributed by atoms with Gasteiger partial charge in [-0.05, 0) is 19.1 Å². The van der Waals surface area contributed by atoms with E-state index in [4.69, 9.17) is 10.5 Å². The molecule has 4 heteroatoms. The zero-order chi connectivity index (χ0) is 11.5.